The maximum atomic E-state index is 11.1. The molecule has 5 nitrogen and oxygen atoms in total. The fourth-order valence-electron chi connectivity index (χ4n) is 2.63. The Hall–Kier alpha value is -1.11. The van der Waals surface area contributed by atoms with Gasteiger partial charge in [0.1, 0.15) is 0 Å². The lowest BCUT2D eigenvalue weighted by molar-refractivity contribution is 0.199. The van der Waals surface area contributed by atoms with Gasteiger partial charge in [-0.25, -0.2) is 13.6 Å². The zero-order chi connectivity index (χ0) is 13.9. The molecule has 2 unspecified atom stereocenters. The average molecular weight is 284 g/mol. The Bertz CT molecular complexity index is 513. The Balaban J connectivity index is 1.93. The molecule has 0 amide bonds. The number of sulfonamides is 1. The van der Waals surface area contributed by atoms with Gasteiger partial charge in [-0.15, -0.1) is 0 Å². The zero-order valence-corrected chi connectivity index (χ0v) is 11.6. The van der Waals surface area contributed by atoms with Gasteiger partial charge in [-0.2, -0.15) is 0 Å². The monoisotopic (exact) mass is 284 g/mol. The van der Waals surface area contributed by atoms with E-state index in [1.54, 1.807) is 12.1 Å². The van der Waals surface area contributed by atoms with Crippen molar-refractivity contribution in [2.45, 2.75) is 24.2 Å². The third kappa shape index (κ3) is 3.68. The van der Waals surface area contributed by atoms with Crippen molar-refractivity contribution in [3.63, 3.8) is 0 Å². The first-order chi connectivity index (χ1) is 9.00. The van der Waals surface area contributed by atoms with Gasteiger partial charge < -0.3 is 10.4 Å². The van der Waals surface area contributed by atoms with Crippen LogP contribution in [-0.2, 0) is 10.0 Å². The van der Waals surface area contributed by atoms with Crippen LogP contribution in [0.1, 0.15) is 19.3 Å². The van der Waals surface area contributed by atoms with E-state index in [1.807, 2.05) is 0 Å². The molecule has 0 radical (unpaired) electrons. The van der Waals surface area contributed by atoms with Gasteiger partial charge >= 0.3 is 0 Å². The molecular formula is C13H20N2O3S. The van der Waals surface area contributed by atoms with E-state index in [1.165, 1.54) is 18.6 Å². The summed E-state index contributed by atoms with van der Waals surface area (Å²) in [4.78, 5) is 0.118. The molecule has 0 saturated heterocycles. The Morgan fingerprint density at radius 2 is 1.84 bits per heavy atom. The van der Waals surface area contributed by atoms with Crippen molar-refractivity contribution < 1.29 is 13.5 Å². The minimum atomic E-state index is -3.62. The summed E-state index contributed by atoms with van der Waals surface area (Å²) in [5.74, 6) is 0.874. The highest BCUT2D eigenvalue weighted by atomic mass is 32.2. The quantitative estimate of drug-likeness (QED) is 0.756. The lowest BCUT2D eigenvalue weighted by Gasteiger charge is -2.18. The number of aliphatic hydroxyl groups is 1. The van der Waals surface area contributed by atoms with Crippen LogP contribution >= 0.6 is 0 Å². The van der Waals surface area contributed by atoms with Gasteiger partial charge in [-0.1, -0.05) is 6.42 Å². The molecule has 2 rings (SSSR count). The molecule has 0 heterocycles. The largest absolute Gasteiger partial charge is 0.396 e. The second-order valence-electron chi connectivity index (χ2n) is 5.08. The van der Waals surface area contributed by atoms with Crippen LogP contribution in [0, 0.1) is 11.8 Å². The first-order valence-corrected chi connectivity index (χ1v) is 8.03. The van der Waals surface area contributed by atoms with E-state index >= 15 is 0 Å². The normalized spacial score (nSPS) is 23.5. The molecule has 19 heavy (non-hydrogen) atoms. The summed E-state index contributed by atoms with van der Waals surface area (Å²) in [6, 6.07) is 6.41. The highest BCUT2D eigenvalue weighted by Crippen LogP contribution is 2.31. The van der Waals surface area contributed by atoms with Gasteiger partial charge in [-0.3, -0.25) is 0 Å². The van der Waals surface area contributed by atoms with Crippen molar-refractivity contribution in [3.8, 4) is 0 Å². The maximum Gasteiger partial charge on any atom is 0.238 e. The molecule has 4 N–H and O–H groups in total. The molecule has 0 aliphatic heterocycles. The predicted molar refractivity (Wildman–Crippen MR) is 74.2 cm³/mol. The summed E-state index contributed by atoms with van der Waals surface area (Å²) < 4.78 is 22.2. The van der Waals surface area contributed by atoms with E-state index in [2.05, 4.69) is 5.32 Å². The Labute approximate surface area is 113 Å². The summed E-state index contributed by atoms with van der Waals surface area (Å²) in [6.45, 7) is 1.05. The topological polar surface area (TPSA) is 92.4 Å². The highest BCUT2D eigenvalue weighted by molar-refractivity contribution is 7.89. The number of nitrogens with one attached hydrogen (secondary N) is 1. The molecule has 0 bridgehead atoms. The number of nitrogens with two attached hydrogens (primary N) is 1. The van der Waals surface area contributed by atoms with Gasteiger partial charge in [0.05, 0.1) is 4.90 Å². The highest BCUT2D eigenvalue weighted by Gasteiger charge is 2.26. The molecule has 106 valence electrons. The maximum absolute atomic E-state index is 11.1. The van der Waals surface area contributed by atoms with Crippen LogP contribution in [0.4, 0.5) is 5.69 Å². The summed E-state index contributed by atoms with van der Waals surface area (Å²) in [5.41, 5.74) is 0.871. The second kappa shape index (κ2) is 5.90. The lowest BCUT2D eigenvalue weighted by Crippen LogP contribution is -2.20. The van der Waals surface area contributed by atoms with Gasteiger partial charge in [-0.05, 0) is 48.9 Å². The van der Waals surface area contributed by atoms with Gasteiger partial charge in [0.15, 0.2) is 0 Å². The minimum Gasteiger partial charge on any atom is -0.396 e. The van der Waals surface area contributed by atoms with Crippen molar-refractivity contribution in [2.75, 3.05) is 18.5 Å². The number of hydrogen-bond donors (Lipinski definition) is 3. The Morgan fingerprint density at radius 1 is 1.21 bits per heavy atom. The second-order valence-corrected chi connectivity index (χ2v) is 6.65. The smallest absolute Gasteiger partial charge is 0.238 e. The van der Waals surface area contributed by atoms with E-state index in [0.717, 1.165) is 25.1 Å². The third-order valence-electron chi connectivity index (χ3n) is 3.80. The van der Waals surface area contributed by atoms with E-state index in [9.17, 15) is 13.5 Å². The van der Waals surface area contributed by atoms with Crippen LogP contribution in [0.3, 0.4) is 0 Å². The molecule has 1 fully saturated rings. The molecule has 1 saturated carbocycles. The van der Waals surface area contributed by atoms with E-state index in [4.69, 9.17) is 5.14 Å². The zero-order valence-electron chi connectivity index (χ0n) is 10.7. The Kier molecular flexibility index (Phi) is 4.44. The SMILES string of the molecule is NS(=O)(=O)c1ccc(NCC2CCCC2CO)cc1. The van der Waals surface area contributed by atoms with E-state index in [-0.39, 0.29) is 11.5 Å². The molecule has 1 aromatic carbocycles. The minimum absolute atomic E-state index is 0.118. The van der Waals surface area contributed by atoms with Crippen LogP contribution in [0.2, 0.25) is 0 Å². The molecule has 6 heteroatoms. The van der Waals surface area contributed by atoms with Crippen molar-refractivity contribution >= 4 is 15.7 Å². The third-order valence-corrected chi connectivity index (χ3v) is 4.73. The van der Waals surface area contributed by atoms with Gasteiger partial charge in [0.2, 0.25) is 10.0 Å². The van der Waals surface area contributed by atoms with Crippen LogP contribution in [0.15, 0.2) is 29.2 Å². The van der Waals surface area contributed by atoms with Crippen LogP contribution < -0.4 is 10.5 Å². The number of anilines is 1. The first-order valence-electron chi connectivity index (χ1n) is 6.48. The van der Waals surface area contributed by atoms with Crippen molar-refractivity contribution in [1.82, 2.24) is 0 Å². The first kappa shape index (κ1) is 14.3. The van der Waals surface area contributed by atoms with Crippen LogP contribution in [0.5, 0.6) is 0 Å². The lowest BCUT2D eigenvalue weighted by atomic mass is 9.97. The predicted octanol–water partition coefficient (Wildman–Crippen LogP) is 1.15. The summed E-state index contributed by atoms with van der Waals surface area (Å²) in [6.07, 6.45) is 3.39. The van der Waals surface area contributed by atoms with Crippen molar-refractivity contribution in [1.29, 1.82) is 0 Å². The van der Waals surface area contributed by atoms with Gasteiger partial charge in [0, 0.05) is 18.8 Å². The molecule has 1 aliphatic rings. The van der Waals surface area contributed by atoms with Crippen molar-refractivity contribution in [2.24, 2.45) is 17.0 Å². The fraction of sp³-hybridized carbons (Fsp3) is 0.538. The number of hydrogen-bond acceptors (Lipinski definition) is 4. The average Bonchev–Trinajstić information content (AvgIpc) is 2.83. The summed E-state index contributed by atoms with van der Waals surface area (Å²) >= 11 is 0. The molecule has 0 spiro atoms. The fourth-order valence-corrected chi connectivity index (χ4v) is 3.15. The summed E-state index contributed by atoms with van der Waals surface area (Å²) in [5, 5.41) is 17.6. The van der Waals surface area contributed by atoms with E-state index < -0.39 is 10.0 Å². The number of benzene rings is 1. The van der Waals surface area contributed by atoms with Crippen LogP contribution in [0.25, 0.3) is 0 Å². The molecule has 1 aromatic rings. The molecule has 0 aromatic heterocycles. The summed E-state index contributed by atoms with van der Waals surface area (Å²) in [7, 11) is -3.62. The van der Waals surface area contributed by atoms with Gasteiger partial charge in [0.25, 0.3) is 0 Å². The molecule has 2 atom stereocenters. The van der Waals surface area contributed by atoms with Crippen LogP contribution in [-0.4, -0.2) is 26.7 Å². The number of primary sulfonamides is 1. The molecular weight excluding hydrogens is 264 g/mol. The van der Waals surface area contributed by atoms with E-state index in [0.29, 0.717) is 11.8 Å². The Morgan fingerprint density at radius 3 is 2.42 bits per heavy atom. The molecule has 1 aliphatic carbocycles. The standard InChI is InChI=1S/C13H20N2O3S/c14-19(17,18)13-6-4-12(5-7-13)15-8-10-2-1-3-11(10)9-16/h4-7,10-11,15-16H,1-3,8-9H2,(H2,14,17,18). The van der Waals surface area contributed by atoms with Crippen molar-refractivity contribution in [3.05, 3.63) is 24.3 Å². The number of aliphatic hydroxyl groups excluding tert-OH is 1. The number of rotatable bonds is 5.